The number of nitrogens with zero attached hydrogens (tertiary/aromatic N) is 1. The average Bonchev–Trinajstić information content (AvgIpc) is 3.03. The molecule has 2 rings (SSSR count). The van der Waals surface area contributed by atoms with Crippen molar-refractivity contribution >= 4 is 29.4 Å². The predicted molar refractivity (Wildman–Crippen MR) is 85.4 cm³/mol. The second-order valence-corrected chi connectivity index (χ2v) is 5.23. The zero-order valence-corrected chi connectivity index (χ0v) is 13.3. The van der Waals surface area contributed by atoms with Crippen molar-refractivity contribution in [3.05, 3.63) is 29.8 Å². The van der Waals surface area contributed by atoms with E-state index >= 15 is 0 Å². The smallest absolute Gasteiger partial charge is 0.338 e. The van der Waals surface area contributed by atoms with Crippen LogP contribution in [0.4, 0.5) is 5.69 Å². The summed E-state index contributed by atoms with van der Waals surface area (Å²) in [6, 6.07) is 6.52. The van der Waals surface area contributed by atoms with E-state index in [0.29, 0.717) is 18.7 Å². The molecule has 0 aromatic heterocycles. The molecule has 0 saturated carbocycles. The Morgan fingerprint density at radius 3 is 2.71 bits per heavy atom. The van der Waals surface area contributed by atoms with Crippen molar-refractivity contribution in [2.75, 3.05) is 31.6 Å². The summed E-state index contributed by atoms with van der Waals surface area (Å²) in [7, 11) is 1.45. The maximum atomic E-state index is 12.0. The van der Waals surface area contributed by atoms with Crippen molar-refractivity contribution in [1.29, 1.82) is 0 Å². The van der Waals surface area contributed by atoms with Gasteiger partial charge in [0.2, 0.25) is 11.8 Å². The van der Waals surface area contributed by atoms with E-state index in [-0.39, 0.29) is 23.9 Å². The van der Waals surface area contributed by atoms with Crippen LogP contribution >= 0.6 is 0 Å². The quantitative estimate of drug-likeness (QED) is 0.704. The van der Waals surface area contributed by atoms with Crippen molar-refractivity contribution in [2.45, 2.75) is 12.8 Å². The molecule has 0 spiro atoms. The van der Waals surface area contributed by atoms with Gasteiger partial charge in [0.1, 0.15) is 0 Å². The van der Waals surface area contributed by atoms with E-state index in [0.717, 1.165) is 6.42 Å². The van der Waals surface area contributed by atoms with Crippen LogP contribution in [0.2, 0.25) is 0 Å². The minimum atomic E-state index is -0.668. The minimum Gasteiger partial charge on any atom is -0.452 e. The van der Waals surface area contributed by atoms with Gasteiger partial charge in [-0.2, -0.15) is 0 Å². The fourth-order valence-corrected chi connectivity index (χ4v) is 2.25. The molecule has 0 atom stereocenters. The van der Waals surface area contributed by atoms with E-state index in [1.807, 2.05) is 0 Å². The van der Waals surface area contributed by atoms with Crippen LogP contribution in [-0.4, -0.2) is 50.4 Å². The van der Waals surface area contributed by atoms with Crippen molar-refractivity contribution in [2.24, 2.45) is 0 Å². The third kappa shape index (κ3) is 4.55. The number of anilines is 1. The van der Waals surface area contributed by atoms with Crippen LogP contribution in [0.3, 0.4) is 0 Å². The maximum absolute atomic E-state index is 12.0. The summed E-state index contributed by atoms with van der Waals surface area (Å²) in [6.07, 6.45) is 1.29. The molecule has 1 aliphatic rings. The van der Waals surface area contributed by atoms with E-state index < -0.39 is 18.5 Å². The lowest BCUT2D eigenvalue weighted by molar-refractivity contribution is -0.127. The number of hydrogen-bond acceptors (Lipinski definition) is 5. The number of carbonyl (C=O) groups is 4. The molecule has 24 heavy (non-hydrogen) atoms. The van der Waals surface area contributed by atoms with Crippen molar-refractivity contribution < 1.29 is 23.9 Å². The van der Waals surface area contributed by atoms with Gasteiger partial charge in [0, 0.05) is 25.7 Å². The Bertz CT molecular complexity index is 659. The highest BCUT2D eigenvalue weighted by molar-refractivity contribution is 5.98. The summed E-state index contributed by atoms with van der Waals surface area (Å²) in [5, 5.41) is 4.67. The molecule has 2 N–H and O–H groups in total. The third-order valence-corrected chi connectivity index (χ3v) is 3.53. The molecule has 1 heterocycles. The van der Waals surface area contributed by atoms with Crippen LogP contribution in [0.25, 0.3) is 0 Å². The molecule has 1 aromatic rings. The Morgan fingerprint density at radius 1 is 1.25 bits per heavy atom. The predicted octanol–water partition coefficient (Wildman–Crippen LogP) is -0.168. The van der Waals surface area contributed by atoms with Gasteiger partial charge in [-0.3, -0.25) is 14.4 Å². The molecule has 128 valence electrons. The van der Waals surface area contributed by atoms with Crippen molar-refractivity contribution in [1.82, 2.24) is 10.6 Å². The number of ether oxygens (including phenoxy) is 1. The van der Waals surface area contributed by atoms with Crippen LogP contribution in [-0.2, 0) is 19.1 Å². The number of rotatable bonds is 6. The number of likely N-dealkylation sites (N-methyl/N-ethyl adjacent to an activating group) is 1. The molecule has 1 aliphatic heterocycles. The third-order valence-electron chi connectivity index (χ3n) is 3.53. The lowest BCUT2D eigenvalue weighted by Gasteiger charge is -2.16. The normalized spacial score (nSPS) is 13.5. The van der Waals surface area contributed by atoms with Gasteiger partial charge in [-0.05, 0) is 24.6 Å². The minimum absolute atomic E-state index is 0.0223. The SMILES string of the molecule is CNC(=O)CNC(=O)COC(=O)c1cccc(N2CCCC2=O)c1. The van der Waals surface area contributed by atoms with Gasteiger partial charge in [-0.1, -0.05) is 6.07 Å². The second-order valence-electron chi connectivity index (χ2n) is 5.23. The largest absolute Gasteiger partial charge is 0.452 e. The number of hydrogen-bond donors (Lipinski definition) is 2. The first-order valence-corrected chi connectivity index (χ1v) is 7.56. The Hall–Kier alpha value is -2.90. The standard InChI is InChI=1S/C16H19N3O5/c1-17-13(20)9-18-14(21)10-24-16(23)11-4-2-5-12(8-11)19-7-3-6-15(19)22/h2,4-5,8H,3,6-7,9-10H2,1H3,(H,17,20)(H,18,21). The molecule has 1 aromatic carbocycles. The lowest BCUT2D eigenvalue weighted by atomic mass is 10.2. The molecule has 3 amide bonds. The fourth-order valence-electron chi connectivity index (χ4n) is 2.25. The topological polar surface area (TPSA) is 105 Å². The van der Waals surface area contributed by atoms with Crippen LogP contribution in [0, 0.1) is 0 Å². The van der Waals surface area contributed by atoms with Gasteiger partial charge < -0.3 is 20.3 Å². The Balaban J connectivity index is 1.89. The van der Waals surface area contributed by atoms with Gasteiger partial charge in [0.05, 0.1) is 12.1 Å². The summed E-state index contributed by atoms with van der Waals surface area (Å²) in [4.78, 5) is 47.9. The van der Waals surface area contributed by atoms with E-state index in [9.17, 15) is 19.2 Å². The van der Waals surface area contributed by atoms with Crippen LogP contribution < -0.4 is 15.5 Å². The summed E-state index contributed by atoms with van der Waals surface area (Å²) < 4.78 is 4.91. The van der Waals surface area contributed by atoms with Crippen LogP contribution in [0.5, 0.6) is 0 Å². The second kappa shape index (κ2) is 8.09. The summed E-state index contributed by atoms with van der Waals surface area (Å²) in [5.74, 6) is -1.57. The van der Waals surface area contributed by atoms with Gasteiger partial charge in [0.15, 0.2) is 6.61 Å². The molecule has 8 heteroatoms. The van der Waals surface area contributed by atoms with E-state index in [4.69, 9.17) is 4.74 Å². The molecule has 0 aliphatic carbocycles. The van der Waals surface area contributed by atoms with Crippen LogP contribution in [0.1, 0.15) is 23.2 Å². The lowest BCUT2D eigenvalue weighted by Crippen LogP contribution is -2.37. The molecule has 0 unspecified atom stereocenters. The first kappa shape index (κ1) is 17.5. The molecule has 1 fully saturated rings. The van der Waals surface area contributed by atoms with Gasteiger partial charge in [-0.25, -0.2) is 4.79 Å². The monoisotopic (exact) mass is 333 g/mol. The summed E-state index contributed by atoms with van der Waals surface area (Å²) >= 11 is 0. The number of nitrogens with one attached hydrogen (secondary N) is 2. The zero-order valence-electron chi connectivity index (χ0n) is 13.3. The van der Waals surface area contributed by atoms with Gasteiger partial charge in [0.25, 0.3) is 5.91 Å². The fraction of sp³-hybridized carbons (Fsp3) is 0.375. The molecule has 1 saturated heterocycles. The molecule has 0 radical (unpaired) electrons. The molecule has 0 bridgehead atoms. The number of esters is 1. The highest BCUT2D eigenvalue weighted by atomic mass is 16.5. The first-order chi connectivity index (χ1) is 11.5. The first-order valence-electron chi connectivity index (χ1n) is 7.56. The average molecular weight is 333 g/mol. The zero-order chi connectivity index (χ0) is 17.5. The number of benzene rings is 1. The van der Waals surface area contributed by atoms with E-state index in [1.165, 1.54) is 7.05 Å². The number of amides is 3. The van der Waals surface area contributed by atoms with E-state index in [2.05, 4.69) is 10.6 Å². The van der Waals surface area contributed by atoms with Gasteiger partial charge >= 0.3 is 5.97 Å². The molecule has 8 nitrogen and oxygen atoms in total. The summed E-state index contributed by atoms with van der Waals surface area (Å²) in [5.41, 5.74) is 0.891. The van der Waals surface area contributed by atoms with E-state index in [1.54, 1.807) is 29.2 Å². The Morgan fingerprint density at radius 2 is 2.04 bits per heavy atom. The highest BCUT2D eigenvalue weighted by Gasteiger charge is 2.22. The summed E-state index contributed by atoms with van der Waals surface area (Å²) in [6.45, 7) is -0.0403. The Kier molecular flexibility index (Phi) is 5.89. The van der Waals surface area contributed by atoms with Crippen LogP contribution in [0.15, 0.2) is 24.3 Å². The maximum Gasteiger partial charge on any atom is 0.338 e. The number of carbonyl (C=O) groups excluding carboxylic acids is 4. The highest BCUT2D eigenvalue weighted by Crippen LogP contribution is 2.22. The van der Waals surface area contributed by atoms with Crippen molar-refractivity contribution in [3.63, 3.8) is 0 Å². The Labute approximate surface area is 139 Å². The molecular weight excluding hydrogens is 314 g/mol. The van der Waals surface area contributed by atoms with Crippen molar-refractivity contribution in [3.8, 4) is 0 Å². The molecular formula is C16H19N3O5. The van der Waals surface area contributed by atoms with Gasteiger partial charge in [-0.15, -0.1) is 0 Å².